The highest BCUT2D eigenvalue weighted by Crippen LogP contribution is 2.17. The first kappa shape index (κ1) is 28.8. The van der Waals surface area contributed by atoms with E-state index >= 15 is 0 Å². The van der Waals surface area contributed by atoms with Gasteiger partial charge < -0.3 is 34.7 Å². The number of carbonyl (C=O) groups is 4. The van der Waals surface area contributed by atoms with E-state index in [2.05, 4.69) is 25.6 Å². The van der Waals surface area contributed by atoms with Crippen LogP contribution in [0, 0.1) is 0 Å². The number of rotatable bonds is 12. The Balaban J connectivity index is 1.59. The molecule has 3 aromatic rings. The fourth-order valence-electron chi connectivity index (χ4n) is 3.38. The minimum Gasteiger partial charge on any atom is -0.480 e. The summed E-state index contributed by atoms with van der Waals surface area (Å²) >= 11 is 0. The number of alkyl carbamates (subject to hydrolysis) is 1. The van der Waals surface area contributed by atoms with E-state index in [1.54, 1.807) is 20.8 Å². The Morgan fingerprint density at radius 3 is 2.51 bits per heavy atom. The largest absolute Gasteiger partial charge is 0.480 e. The monoisotopic (exact) mass is 541 g/mol. The van der Waals surface area contributed by atoms with Gasteiger partial charge in [-0.3, -0.25) is 14.4 Å². The number of fused-ring (bicyclic) bond motifs is 1. The van der Waals surface area contributed by atoms with E-state index < -0.39 is 36.1 Å². The zero-order valence-electron chi connectivity index (χ0n) is 21.9. The van der Waals surface area contributed by atoms with Gasteiger partial charge in [0.1, 0.15) is 43.7 Å². The van der Waals surface area contributed by atoms with Gasteiger partial charge in [-0.2, -0.15) is 0 Å². The van der Waals surface area contributed by atoms with E-state index in [4.69, 9.17) is 9.47 Å². The third-order valence-electron chi connectivity index (χ3n) is 5.08. The maximum atomic E-state index is 12.9. The molecule has 0 fully saturated rings. The first-order valence-electron chi connectivity index (χ1n) is 12.1. The SMILES string of the molecule is CC(C)(C)OC(=O)NCCN(CC(=O)O)C(=O)Cn1cnc2c(NCC(=O)OCc3ccccc3)ncnc21. The Morgan fingerprint density at radius 1 is 1.08 bits per heavy atom. The van der Waals surface area contributed by atoms with Crippen LogP contribution in [0.15, 0.2) is 43.0 Å². The smallest absolute Gasteiger partial charge is 0.407 e. The average Bonchev–Trinajstić information content (AvgIpc) is 3.28. The number of ether oxygens (including phenoxy) is 2. The van der Waals surface area contributed by atoms with Gasteiger partial charge in [0.05, 0.1) is 6.33 Å². The summed E-state index contributed by atoms with van der Waals surface area (Å²) in [6.07, 6.45) is 1.95. The van der Waals surface area contributed by atoms with Crippen LogP contribution in [-0.2, 0) is 37.0 Å². The number of aromatic nitrogens is 4. The van der Waals surface area contributed by atoms with Gasteiger partial charge in [0.2, 0.25) is 5.91 Å². The van der Waals surface area contributed by atoms with Crippen LogP contribution in [0.2, 0.25) is 0 Å². The molecule has 3 rings (SSSR count). The number of carbonyl (C=O) groups excluding carboxylic acids is 3. The predicted octanol–water partition coefficient (Wildman–Crippen LogP) is 1.42. The number of hydrogen-bond donors (Lipinski definition) is 3. The zero-order valence-corrected chi connectivity index (χ0v) is 21.9. The van der Waals surface area contributed by atoms with Gasteiger partial charge in [0, 0.05) is 13.1 Å². The van der Waals surface area contributed by atoms with E-state index in [1.165, 1.54) is 17.2 Å². The summed E-state index contributed by atoms with van der Waals surface area (Å²) in [5, 5.41) is 14.6. The number of carboxylic acids is 1. The normalized spacial score (nSPS) is 11.1. The molecule has 0 unspecified atom stereocenters. The summed E-state index contributed by atoms with van der Waals surface area (Å²) in [4.78, 5) is 61.9. The Bertz CT molecular complexity index is 1310. The molecule has 0 atom stereocenters. The molecule has 3 N–H and O–H groups in total. The molecule has 2 heterocycles. The molecule has 14 nitrogen and oxygen atoms in total. The summed E-state index contributed by atoms with van der Waals surface area (Å²) in [5.74, 6) is -1.96. The maximum Gasteiger partial charge on any atom is 0.407 e. The van der Waals surface area contributed by atoms with Crippen molar-refractivity contribution in [1.82, 2.24) is 29.7 Å². The second kappa shape index (κ2) is 13.2. The van der Waals surface area contributed by atoms with Crippen molar-refractivity contribution in [3.8, 4) is 0 Å². The summed E-state index contributed by atoms with van der Waals surface area (Å²) in [6.45, 7) is 4.23. The third kappa shape index (κ3) is 9.25. The minimum absolute atomic E-state index is 0.00474. The fraction of sp³-hybridized carbons (Fsp3) is 0.400. The average molecular weight is 542 g/mol. The van der Waals surface area contributed by atoms with Crippen LogP contribution < -0.4 is 10.6 Å². The number of aliphatic carboxylic acids is 1. The van der Waals surface area contributed by atoms with Crippen molar-refractivity contribution in [1.29, 1.82) is 0 Å². The van der Waals surface area contributed by atoms with Gasteiger partial charge in [0.25, 0.3) is 0 Å². The molecule has 0 bridgehead atoms. The van der Waals surface area contributed by atoms with E-state index in [9.17, 15) is 24.3 Å². The summed E-state index contributed by atoms with van der Waals surface area (Å²) in [6, 6.07) is 9.26. The predicted molar refractivity (Wildman–Crippen MR) is 139 cm³/mol. The maximum absolute atomic E-state index is 12.9. The van der Waals surface area contributed by atoms with Crippen molar-refractivity contribution in [2.75, 3.05) is 31.5 Å². The molecule has 0 radical (unpaired) electrons. The van der Waals surface area contributed by atoms with Gasteiger partial charge in [-0.15, -0.1) is 0 Å². The molecule has 0 saturated carbocycles. The third-order valence-corrected chi connectivity index (χ3v) is 5.08. The molecule has 0 aliphatic rings. The number of anilines is 1. The van der Waals surface area contributed by atoms with Gasteiger partial charge >= 0.3 is 18.0 Å². The Kier molecular flexibility index (Phi) is 9.73. The molecule has 14 heteroatoms. The molecule has 0 aliphatic heterocycles. The lowest BCUT2D eigenvalue weighted by Gasteiger charge is -2.23. The van der Waals surface area contributed by atoms with Crippen LogP contribution in [0.25, 0.3) is 11.2 Å². The van der Waals surface area contributed by atoms with Crippen molar-refractivity contribution in [3.63, 3.8) is 0 Å². The first-order valence-corrected chi connectivity index (χ1v) is 12.1. The molecule has 1 aromatic carbocycles. The van der Waals surface area contributed by atoms with Crippen LogP contribution in [-0.4, -0.2) is 85.2 Å². The van der Waals surface area contributed by atoms with Crippen LogP contribution in [0.3, 0.4) is 0 Å². The molecular formula is C25H31N7O7. The Hall–Kier alpha value is -4.75. The lowest BCUT2D eigenvalue weighted by atomic mass is 10.2. The van der Waals surface area contributed by atoms with Crippen LogP contribution in [0.1, 0.15) is 26.3 Å². The lowest BCUT2D eigenvalue weighted by molar-refractivity contribution is -0.144. The van der Waals surface area contributed by atoms with Crippen molar-refractivity contribution >= 4 is 40.9 Å². The highest BCUT2D eigenvalue weighted by atomic mass is 16.6. The number of imidazole rings is 1. The fourth-order valence-corrected chi connectivity index (χ4v) is 3.38. The zero-order chi connectivity index (χ0) is 28.4. The Morgan fingerprint density at radius 2 is 1.82 bits per heavy atom. The summed E-state index contributed by atoms with van der Waals surface area (Å²) < 4.78 is 11.8. The van der Waals surface area contributed by atoms with E-state index in [0.717, 1.165) is 10.5 Å². The molecule has 39 heavy (non-hydrogen) atoms. The topological polar surface area (TPSA) is 178 Å². The minimum atomic E-state index is -1.20. The van der Waals surface area contributed by atoms with Crippen LogP contribution in [0.5, 0.6) is 0 Å². The molecule has 0 aliphatic carbocycles. The highest BCUT2D eigenvalue weighted by molar-refractivity contribution is 5.87. The molecule has 2 amide bonds. The molecule has 0 saturated heterocycles. The van der Waals surface area contributed by atoms with Crippen molar-refractivity contribution < 1.29 is 33.8 Å². The number of carboxylic acid groups (broad SMARTS) is 1. The number of amides is 2. The number of hydrogen-bond acceptors (Lipinski definition) is 10. The van der Waals surface area contributed by atoms with E-state index in [-0.39, 0.29) is 38.6 Å². The van der Waals surface area contributed by atoms with Gasteiger partial charge in [-0.25, -0.2) is 19.7 Å². The highest BCUT2D eigenvalue weighted by Gasteiger charge is 2.21. The van der Waals surface area contributed by atoms with E-state index in [1.807, 2.05) is 30.3 Å². The van der Waals surface area contributed by atoms with Crippen LogP contribution >= 0.6 is 0 Å². The van der Waals surface area contributed by atoms with E-state index in [0.29, 0.717) is 11.2 Å². The second-order valence-corrected chi connectivity index (χ2v) is 9.40. The first-order chi connectivity index (χ1) is 18.5. The number of nitrogens with one attached hydrogen (secondary N) is 2. The molecule has 208 valence electrons. The van der Waals surface area contributed by atoms with Crippen molar-refractivity contribution in [3.05, 3.63) is 48.5 Å². The van der Waals surface area contributed by atoms with Gasteiger partial charge in [-0.1, -0.05) is 30.3 Å². The van der Waals surface area contributed by atoms with Crippen molar-refractivity contribution in [2.24, 2.45) is 0 Å². The number of esters is 1. The molecule has 0 spiro atoms. The number of nitrogens with zero attached hydrogens (tertiary/aromatic N) is 5. The van der Waals surface area contributed by atoms with Gasteiger partial charge in [0.15, 0.2) is 11.5 Å². The van der Waals surface area contributed by atoms with Crippen LogP contribution in [0.4, 0.5) is 10.6 Å². The lowest BCUT2D eigenvalue weighted by Crippen LogP contribution is -2.43. The second-order valence-electron chi connectivity index (χ2n) is 9.40. The standard InChI is InChI=1S/C25H31N7O7/c1-25(2,3)39-24(37)26-9-10-31(13-19(34)35)18(33)12-32-16-30-21-22(28-15-29-23(21)32)27-11-20(36)38-14-17-7-5-4-6-8-17/h4-8,15-16H,9-14H2,1-3H3,(H,26,37)(H,34,35)(H,27,28,29). The van der Waals surface area contributed by atoms with Gasteiger partial charge in [-0.05, 0) is 26.3 Å². The quantitative estimate of drug-likeness (QED) is 0.282. The Labute approximate surface area is 224 Å². The van der Waals surface area contributed by atoms with Crippen molar-refractivity contribution in [2.45, 2.75) is 39.5 Å². The molecular weight excluding hydrogens is 510 g/mol. The number of benzene rings is 1. The summed E-state index contributed by atoms with van der Waals surface area (Å²) in [7, 11) is 0. The molecule has 2 aromatic heterocycles. The summed E-state index contributed by atoms with van der Waals surface area (Å²) in [5.41, 5.74) is 0.788.